The molecule has 2 N–H and O–H groups in total. The largest absolute Gasteiger partial charge is 0.479 e. The van der Waals surface area contributed by atoms with Gasteiger partial charge in [-0.3, -0.25) is 0 Å². The minimum absolute atomic E-state index is 0.373. The molecule has 0 spiro atoms. The molecular formula is C7H7F3N2O3S. The van der Waals surface area contributed by atoms with E-state index in [-0.39, 0.29) is 0 Å². The number of alkyl halides is 2. The van der Waals surface area contributed by atoms with Gasteiger partial charge >= 0.3 is 0 Å². The summed E-state index contributed by atoms with van der Waals surface area (Å²) < 4.78 is 64.1. The summed E-state index contributed by atoms with van der Waals surface area (Å²) in [6.07, 6.45) is -3.06. The van der Waals surface area contributed by atoms with Crippen molar-refractivity contribution >= 4 is 10.0 Å². The molecule has 0 aliphatic heterocycles. The molecule has 0 amide bonds. The van der Waals surface area contributed by atoms with Crippen LogP contribution in [-0.2, 0) is 10.0 Å². The Kier molecular flexibility index (Phi) is 3.38. The van der Waals surface area contributed by atoms with Crippen molar-refractivity contribution in [1.29, 1.82) is 0 Å². The number of halogens is 3. The van der Waals surface area contributed by atoms with Gasteiger partial charge in [0.05, 0.1) is 7.11 Å². The fourth-order valence-corrected chi connectivity index (χ4v) is 1.58. The van der Waals surface area contributed by atoms with Crippen LogP contribution in [0.4, 0.5) is 13.2 Å². The fraction of sp³-hybridized carbons (Fsp3) is 0.286. The number of pyridine rings is 1. The second-order valence-corrected chi connectivity index (χ2v) is 4.24. The van der Waals surface area contributed by atoms with Crippen LogP contribution >= 0.6 is 0 Å². The summed E-state index contributed by atoms with van der Waals surface area (Å²) in [4.78, 5) is 2.02. The van der Waals surface area contributed by atoms with Crippen molar-refractivity contribution in [2.24, 2.45) is 5.14 Å². The summed E-state index contributed by atoms with van der Waals surface area (Å²) in [6.45, 7) is 0. The molecule has 0 saturated carbocycles. The highest BCUT2D eigenvalue weighted by Crippen LogP contribution is 2.27. The average molecular weight is 256 g/mol. The van der Waals surface area contributed by atoms with E-state index in [4.69, 9.17) is 0 Å². The highest BCUT2D eigenvalue weighted by atomic mass is 32.2. The van der Waals surface area contributed by atoms with E-state index in [9.17, 15) is 21.6 Å². The molecule has 0 aliphatic carbocycles. The zero-order valence-corrected chi connectivity index (χ0v) is 8.76. The molecule has 1 heterocycles. The normalized spacial score (nSPS) is 11.9. The van der Waals surface area contributed by atoms with Gasteiger partial charge in [0.2, 0.25) is 15.8 Å². The first-order valence-corrected chi connectivity index (χ1v) is 5.37. The summed E-state index contributed by atoms with van der Waals surface area (Å²) in [5.74, 6) is -2.24. The first-order chi connectivity index (χ1) is 7.27. The number of methoxy groups -OCH3 is 1. The summed E-state index contributed by atoms with van der Waals surface area (Å²) in [7, 11) is -3.48. The molecule has 5 nitrogen and oxygen atoms in total. The maximum atomic E-state index is 13.3. The molecule has 9 heteroatoms. The molecule has 1 rings (SSSR count). The Morgan fingerprint density at radius 2 is 2.06 bits per heavy atom. The van der Waals surface area contributed by atoms with Crippen LogP contribution in [0.15, 0.2) is 11.0 Å². The Labute approximate surface area is 89.1 Å². The number of primary sulfonamides is 1. The molecule has 0 unspecified atom stereocenters. The van der Waals surface area contributed by atoms with Crippen LogP contribution in [0.1, 0.15) is 12.1 Å². The van der Waals surface area contributed by atoms with Gasteiger partial charge in [0.25, 0.3) is 12.3 Å². The second kappa shape index (κ2) is 4.26. The summed E-state index contributed by atoms with van der Waals surface area (Å²) in [5.41, 5.74) is -0.928. The minimum Gasteiger partial charge on any atom is -0.479 e. The van der Waals surface area contributed by atoms with Crippen LogP contribution in [-0.4, -0.2) is 20.5 Å². The lowest BCUT2D eigenvalue weighted by Gasteiger charge is -2.07. The van der Waals surface area contributed by atoms with Crippen LogP contribution in [0.25, 0.3) is 0 Å². The Balaban J connectivity index is 3.55. The number of nitrogens with zero attached hydrogens (tertiary/aromatic N) is 1. The summed E-state index contributed by atoms with van der Waals surface area (Å²) >= 11 is 0. The molecule has 1 aromatic rings. The van der Waals surface area contributed by atoms with Crippen LogP contribution in [0.2, 0.25) is 0 Å². The van der Waals surface area contributed by atoms with Crippen molar-refractivity contribution in [1.82, 2.24) is 4.98 Å². The van der Waals surface area contributed by atoms with Crippen molar-refractivity contribution in [3.8, 4) is 5.88 Å². The SMILES string of the molecule is COc1nc(C(F)F)cc(S(N)(=O)=O)c1F. The number of hydrogen-bond acceptors (Lipinski definition) is 4. The maximum absolute atomic E-state index is 13.3. The van der Waals surface area contributed by atoms with Crippen molar-refractivity contribution in [2.45, 2.75) is 11.3 Å². The Bertz CT molecular complexity index is 504. The first kappa shape index (κ1) is 12.7. The highest BCUT2D eigenvalue weighted by Gasteiger charge is 2.24. The van der Waals surface area contributed by atoms with Crippen LogP contribution < -0.4 is 9.88 Å². The van der Waals surface area contributed by atoms with Crippen LogP contribution in [0, 0.1) is 5.82 Å². The van der Waals surface area contributed by atoms with E-state index in [2.05, 4.69) is 14.9 Å². The predicted octanol–water partition coefficient (Wildman–Crippen LogP) is 0.814. The van der Waals surface area contributed by atoms with Crippen LogP contribution in [0.5, 0.6) is 5.88 Å². The number of hydrogen-bond donors (Lipinski definition) is 1. The Morgan fingerprint density at radius 3 is 2.44 bits per heavy atom. The van der Waals surface area contributed by atoms with Gasteiger partial charge < -0.3 is 4.74 Å². The molecule has 0 radical (unpaired) electrons. The van der Waals surface area contributed by atoms with Gasteiger partial charge in [-0.2, -0.15) is 4.39 Å². The number of aromatic nitrogens is 1. The monoisotopic (exact) mass is 256 g/mol. The third kappa shape index (κ3) is 2.42. The fourth-order valence-electron chi connectivity index (χ4n) is 0.956. The first-order valence-electron chi connectivity index (χ1n) is 3.82. The number of nitrogens with two attached hydrogens (primary N) is 1. The molecular weight excluding hydrogens is 249 g/mol. The van der Waals surface area contributed by atoms with Crippen molar-refractivity contribution < 1.29 is 26.3 Å². The van der Waals surface area contributed by atoms with Gasteiger partial charge in [0.1, 0.15) is 10.6 Å². The quantitative estimate of drug-likeness (QED) is 0.867. The van der Waals surface area contributed by atoms with Crippen molar-refractivity contribution in [3.63, 3.8) is 0 Å². The molecule has 0 saturated heterocycles. The number of rotatable bonds is 3. The average Bonchev–Trinajstić information content (AvgIpc) is 2.15. The van der Waals surface area contributed by atoms with Crippen LogP contribution in [0.3, 0.4) is 0 Å². The lowest BCUT2D eigenvalue weighted by Crippen LogP contribution is -2.16. The summed E-state index contributed by atoms with van der Waals surface area (Å²) in [6, 6.07) is 0.373. The minimum atomic E-state index is -4.45. The standard InChI is InChI=1S/C7H7F3N2O3S/c1-15-7-5(8)4(16(11,13)14)2-3(12-7)6(9)10/h2,6H,1H3,(H2,11,13,14). The summed E-state index contributed by atoms with van der Waals surface area (Å²) in [5, 5.41) is 4.65. The molecule has 90 valence electrons. The highest BCUT2D eigenvalue weighted by molar-refractivity contribution is 7.89. The van der Waals surface area contributed by atoms with Crippen molar-refractivity contribution in [2.75, 3.05) is 7.11 Å². The predicted molar refractivity (Wildman–Crippen MR) is 47.1 cm³/mol. The van der Waals surface area contributed by atoms with Gasteiger partial charge in [-0.1, -0.05) is 0 Å². The van der Waals surface area contributed by atoms with Gasteiger partial charge in [-0.05, 0) is 6.07 Å². The van der Waals surface area contributed by atoms with Crippen molar-refractivity contribution in [3.05, 3.63) is 17.6 Å². The van der Waals surface area contributed by atoms with E-state index in [1.165, 1.54) is 0 Å². The molecule has 0 aromatic carbocycles. The van der Waals surface area contributed by atoms with Gasteiger partial charge in [-0.15, -0.1) is 0 Å². The molecule has 1 aromatic heterocycles. The third-order valence-corrected chi connectivity index (χ3v) is 2.55. The number of ether oxygens (including phenoxy) is 1. The number of sulfonamides is 1. The molecule has 0 aliphatic rings. The zero-order chi connectivity index (χ0) is 12.5. The van der Waals surface area contributed by atoms with E-state index in [1.807, 2.05) is 0 Å². The molecule has 16 heavy (non-hydrogen) atoms. The molecule has 0 fully saturated rings. The van der Waals surface area contributed by atoms with Gasteiger partial charge in [0, 0.05) is 0 Å². The maximum Gasteiger partial charge on any atom is 0.280 e. The second-order valence-electron chi connectivity index (χ2n) is 2.71. The van der Waals surface area contributed by atoms with E-state index in [1.54, 1.807) is 0 Å². The lowest BCUT2D eigenvalue weighted by atomic mass is 10.3. The Morgan fingerprint density at radius 1 is 1.50 bits per heavy atom. The van der Waals surface area contributed by atoms with Gasteiger partial charge in [0.15, 0.2) is 0 Å². The van der Waals surface area contributed by atoms with E-state index in [0.29, 0.717) is 6.07 Å². The zero-order valence-electron chi connectivity index (χ0n) is 7.95. The van der Waals surface area contributed by atoms with E-state index < -0.39 is 38.7 Å². The molecule has 0 bridgehead atoms. The third-order valence-electron chi connectivity index (χ3n) is 1.64. The smallest absolute Gasteiger partial charge is 0.280 e. The lowest BCUT2D eigenvalue weighted by molar-refractivity contribution is 0.144. The topological polar surface area (TPSA) is 82.3 Å². The van der Waals surface area contributed by atoms with E-state index >= 15 is 0 Å². The van der Waals surface area contributed by atoms with Gasteiger partial charge in [-0.25, -0.2) is 27.3 Å². The Hall–Kier alpha value is -1.35. The van der Waals surface area contributed by atoms with E-state index in [0.717, 1.165) is 7.11 Å². The molecule has 0 atom stereocenters.